The smallest absolute Gasteiger partial charge is 0.143 e. The lowest BCUT2D eigenvalue weighted by atomic mass is 9.91. The second kappa shape index (κ2) is 11.9. The van der Waals surface area contributed by atoms with Gasteiger partial charge in [-0.1, -0.05) is 127 Å². The molecule has 0 saturated heterocycles. The Labute approximate surface area is 295 Å². The highest BCUT2D eigenvalue weighted by Crippen LogP contribution is 2.46. The van der Waals surface area contributed by atoms with E-state index in [-0.39, 0.29) is 0 Å². The molecule has 240 valence electrons. The molecule has 0 aliphatic rings. The molecule has 0 spiro atoms. The summed E-state index contributed by atoms with van der Waals surface area (Å²) in [6.45, 7) is 0. The summed E-state index contributed by atoms with van der Waals surface area (Å²) in [7, 11) is 0. The van der Waals surface area contributed by atoms with Crippen molar-refractivity contribution in [2.45, 2.75) is 0 Å². The zero-order valence-corrected chi connectivity index (χ0v) is 27.7. The first-order chi connectivity index (χ1) is 25.3. The van der Waals surface area contributed by atoms with E-state index < -0.39 is 0 Å². The molecule has 2 aromatic heterocycles. The Morgan fingerprint density at radius 2 is 0.824 bits per heavy atom. The van der Waals surface area contributed by atoms with E-state index in [4.69, 9.17) is 8.83 Å². The maximum Gasteiger partial charge on any atom is 0.143 e. The van der Waals surface area contributed by atoms with E-state index in [2.05, 4.69) is 169 Å². The number of anilines is 3. The van der Waals surface area contributed by atoms with Crippen LogP contribution in [0.3, 0.4) is 0 Å². The molecule has 0 saturated carbocycles. The summed E-state index contributed by atoms with van der Waals surface area (Å²) in [5, 5.41) is 4.34. The molecular weight excluding hydrogens is 623 g/mol. The highest BCUT2D eigenvalue weighted by atomic mass is 16.3. The highest BCUT2D eigenvalue weighted by molar-refractivity contribution is 6.27. The molecule has 0 aliphatic carbocycles. The Bertz CT molecular complexity index is 2780. The molecule has 0 radical (unpaired) electrons. The van der Waals surface area contributed by atoms with Gasteiger partial charge in [0.05, 0.1) is 0 Å². The summed E-state index contributed by atoms with van der Waals surface area (Å²) >= 11 is 0. The zero-order valence-electron chi connectivity index (χ0n) is 27.7. The van der Waals surface area contributed by atoms with E-state index in [9.17, 15) is 0 Å². The molecule has 51 heavy (non-hydrogen) atoms. The Hall–Kier alpha value is -6.84. The van der Waals surface area contributed by atoms with Crippen molar-refractivity contribution in [3.05, 3.63) is 188 Å². The maximum atomic E-state index is 6.87. The summed E-state index contributed by atoms with van der Waals surface area (Å²) in [4.78, 5) is 2.29. The fraction of sp³-hybridized carbons (Fsp3) is 0. The van der Waals surface area contributed by atoms with Gasteiger partial charge in [0.2, 0.25) is 0 Å². The van der Waals surface area contributed by atoms with Gasteiger partial charge in [-0.2, -0.15) is 0 Å². The number of rotatable bonds is 6. The molecule has 2 heterocycles. The Balaban J connectivity index is 1.18. The summed E-state index contributed by atoms with van der Waals surface area (Å²) in [6.07, 6.45) is 0. The van der Waals surface area contributed by atoms with E-state index in [1.807, 2.05) is 24.3 Å². The molecule has 0 amide bonds. The quantitative estimate of drug-likeness (QED) is 0.179. The highest BCUT2D eigenvalue weighted by Gasteiger charge is 2.22. The first-order valence-electron chi connectivity index (χ1n) is 17.3. The number of nitrogens with zero attached hydrogens (tertiary/aromatic N) is 1. The topological polar surface area (TPSA) is 29.5 Å². The number of hydrogen-bond acceptors (Lipinski definition) is 3. The number of furan rings is 2. The van der Waals surface area contributed by atoms with Crippen molar-refractivity contribution in [2.75, 3.05) is 4.90 Å². The molecule has 0 bridgehead atoms. The fourth-order valence-electron chi connectivity index (χ4n) is 7.52. The van der Waals surface area contributed by atoms with Gasteiger partial charge < -0.3 is 13.7 Å². The molecule has 8 aromatic carbocycles. The molecular formula is C48H31NO2. The number of benzene rings is 8. The zero-order chi connectivity index (χ0) is 33.7. The minimum atomic E-state index is 0.847. The second-order valence-corrected chi connectivity index (χ2v) is 12.9. The van der Waals surface area contributed by atoms with Gasteiger partial charge in [-0.3, -0.25) is 0 Å². The molecule has 0 fully saturated rings. The van der Waals surface area contributed by atoms with Crippen molar-refractivity contribution in [3.63, 3.8) is 0 Å². The SMILES string of the molecule is c1ccc(-c2ccc(-c3c(-c4ccc(N(c5ccccc5)c5ccccc5)cc4)ccc4c3oc3ccc5oc6ccccc6c5c34)cc2)cc1. The van der Waals surface area contributed by atoms with Crippen molar-refractivity contribution >= 4 is 60.9 Å². The third kappa shape index (κ3) is 4.90. The second-order valence-electron chi connectivity index (χ2n) is 12.9. The van der Waals surface area contributed by atoms with Gasteiger partial charge in [0.15, 0.2) is 0 Å². The van der Waals surface area contributed by atoms with Crippen LogP contribution in [-0.2, 0) is 0 Å². The standard InChI is InChI=1S/C48H31NO2/c1-4-12-32(13-5-1)33-20-22-35(23-21-33)45-39(34-24-26-38(27-25-34)49(36-14-6-2-7-15-36)37-16-8-3-9-17-37)28-29-41-47-44(51-48(41)45)31-30-43-46(47)40-18-10-11-19-42(40)50-43/h1-31H. The summed E-state index contributed by atoms with van der Waals surface area (Å²) in [6, 6.07) is 66.0. The predicted molar refractivity (Wildman–Crippen MR) is 212 cm³/mol. The van der Waals surface area contributed by atoms with Crippen LogP contribution in [0, 0.1) is 0 Å². The third-order valence-electron chi connectivity index (χ3n) is 9.89. The van der Waals surface area contributed by atoms with E-state index >= 15 is 0 Å². The number of fused-ring (bicyclic) bond motifs is 7. The van der Waals surface area contributed by atoms with Crippen LogP contribution in [0.25, 0.3) is 77.3 Å². The number of para-hydroxylation sites is 3. The summed E-state index contributed by atoms with van der Waals surface area (Å²) < 4.78 is 13.2. The van der Waals surface area contributed by atoms with Crippen molar-refractivity contribution in [1.29, 1.82) is 0 Å². The molecule has 3 heteroatoms. The Morgan fingerprint density at radius 3 is 1.51 bits per heavy atom. The fourth-order valence-corrected chi connectivity index (χ4v) is 7.52. The Kier molecular flexibility index (Phi) is 6.81. The van der Waals surface area contributed by atoms with Gasteiger partial charge in [0.1, 0.15) is 22.3 Å². The average molecular weight is 654 g/mol. The molecule has 3 nitrogen and oxygen atoms in total. The van der Waals surface area contributed by atoms with Gasteiger partial charge in [-0.15, -0.1) is 0 Å². The van der Waals surface area contributed by atoms with E-state index in [0.29, 0.717) is 0 Å². The largest absolute Gasteiger partial charge is 0.456 e. The first kappa shape index (κ1) is 29.1. The van der Waals surface area contributed by atoms with Crippen LogP contribution in [0.2, 0.25) is 0 Å². The van der Waals surface area contributed by atoms with Crippen molar-refractivity contribution < 1.29 is 8.83 Å². The minimum absolute atomic E-state index is 0.847. The average Bonchev–Trinajstić information content (AvgIpc) is 3.77. The predicted octanol–water partition coefficient (Wildman–Crippen LogP) is 14.0. The minimum Gasteiger partial charge on any atom is -0.456 e. The van der Waals surface area contributed by atoms with E-state index in [0.717, 1.165) is 83.2 Å². The van der Waals surface area contributed by atoms with Crippen molar-refractivity contribution in [3.8, 4) is 33.4 Å². The molecule has 0 N–H and O–H groups in total. The summed E-state index contributed by atoms with van der Waals surface area (Å²) in [5.74, 6) is 0. The van der Waals surface area contributed by atoms with Crippen molar-refractivity contribution in [1.82, 2.24) is 0 Å². The lowest BCUT2D eigenvalue weighted by Gasteiger charge is -2.25. The van der Waals surface area contributed by atoms with Gasteiger partial charge in [-0.25, -0.2) is 0 Å². The van der Waals surface area contributed by atoms with Crippen LogP contribution in [0.5, 0.6) is 0 Å². The molecule has 0 atom stereocenters. The lowest BCUT2D eigenvalue weighted by molar-refractivity contribution is 0.663. The van der Waals surface area contributed by atoms with E-state index in [1.165, 1.54) is 11.1 Å². The van der Waals surface area contributed by atoms with Gasteiger partial charge in [0, 0.05) is 44.2 Å². The van der Waals surface area contributed by atoms with Gasteiger partial charge in [0.25, 0.3) is 0 Å². The monoisotopic (exact) mass is 653 g/mol. The van der Waals surface area contributed by atoms with Crippen molar-refractivity contribution in [2.24, 2.45) is 0 Å². The number of hydrogen-bond donors (Lipinski definition) is 0. The molecule has 10 rings (SSSR count). The summed E-state index contributed by atoms with van der Waals surface area (Å²) in [5.41, 5.74) is 13.5. The van der Waals surface area contributed by atoms with Crippen LogP contribution in [0.1, 0.15) is 0 Å². The normalized spacial score (nSPS) is 11.5. The molecule has 0 aliphatic heterocycles. The van der Waals surface area contributed by atoms with Gasteiger partial charge >= 0.3 is 0 Å². The molecule has 0 unspecified atom stereocenters. The van der Waals surface area contributed by atoms with Gasteiger partial charge in [-0.05, 0) is 88.5 Å². The third-order valence-corrected chi connectivity index (χ3v) is 9.89. The van der Waals surface area contributed by atoms with Crippen LogP contribution < -0.4 is 4.90 Å². The lowest BCUT2D eigenvalue weighted by Crippen LogP contribution is -2.09. The van der Waals surface area contributed by atoms with Crippen LogP contribution in [0.15, 0.2) is 197 Å². The first-order valence-corrected chi connectivity index (χ1v) is 17.3. The van der Waals surface area contributed by atoms with Crippen LogP contribution in [0.4, 0.5) is 17.1 Å². The van der Waals surface area contributed by atoms with Crippen LogP contribution >= 0.6 is 0 Å². The maximum absolute atomic E-state index is 6.87. The van der Waals surface area contributed by atoms with E-state index in [1.54, 1.807) is 0 Å². The Morgan fingerprint density at radius 1 is 0.314 bits per heavy atom. The molecule has 10 aromatic rings. The van der Waals surface area contributed by atoms with Crippen LogP contribution in [-0.4, -0.2) is 0 Å².